The maximum Gasteiger partial charge on any atom is 0.329 e. The van der Waals surface area contributed by atoms with Crippen molar-refractivity contribution in [2.75, 3.05) is 26.7 Å². The summed E-state index contributed by atoms with van der Waals surface area (Å²) in [5, 5.41) is 12.0. The number of nitrogens with zero attached hydrogens (tertiary/aromatic N) is 2. The van der Waals surface area contributed by atoms with Crippen molar-refractivity contribution >= 4 is 12.0 Å². The van der Waals surface area contributed by atoms with E-state index >= 15 is 0 Å². The summed E-state index contributed by atoms with van der Waals surface area (Å²) in [5.74, 6) is -1.01. The first-order valence-corrected chi connectivity index (χ1v) is 7.13. The van der Waals surface area contributed by atoms with Gasteiger partial charge in [0.05, 0.1) is 0 Å². The largest absolute Gasteiger partial charge is 0.480 e. The number of hydrogen-bond donors (Lipinski definition) is 2. The summed E-state index contributed by atoms with van der Waals surface area (Å²) in [7, 11) is 2.04. The van der Waals surface area contributed by atoms with Crippen LogP contribution in [0.1, 0.15) is 41.0 Å². The second kappa shape index (κ2) is 8.09. The standard InChI is InChI=1S/C14H29N3O3/c1-7-17(14(4,5)12(18)19)13(20)15-9-8-10-16(6)11(2)3/h11H,7-10H2,1-6H3,(H,15,20)(H,18,19). The third-order valence-electron chi connectivity index (χ3n) is 3.60. The molecule has 0 fully saturated rings. The van der Waals surface area contributed by atoms with Crippen LogP contribution in [-0.4, -0.2) is 65.2 Å². The lowest BCUT2D eigenvalue weighted by molar-refractivity contribution is -0.147. The molecule has 0 bridgehead atoms. The summed E-state index contributed by atoms with van der Waals surface area (Å²) in [6.45, 7) is 10.9. The molecule has 0 aromatic carbocycles. The molecule has 0 heterocycles. The van der Waals surface area contributed by atoms with Crippen LogP contribution in [0.2, 0.25) is 0 Å². The molecule has 2 N–H and O–H groups in total. The SMILES string of the molecule is CCN(C(=O)NCCCN(C)C(C)C)C(C)(C)C(=O)O. The number of rotatable bonds is 8. The summed E-state index contributed by atoms with van der Waals surface area (Å²) in [6, 6.07) is 0.149. The van der Waals surface area contributed by atoms with Crippen molar-refractivity contribution in [3.63, 3.8) is 0 Å². The van der Waals surface area contributed by atoms with Crippen LogP contribution in [0.5, 0.6) is 0 Å². The highest BCUT2D eigenvalue weighted by atomic mass is 16.4. The highest BCUT2D eigenvalue weighted by molar-refractivity contribution is 5.85. The van der Waals surface area contributed by atoms with Crippen molar-refractivity contribution in [3.05, 3.63) is 0 Å². The van der Waals surface area contributed by atoms with Gasteiger partial charge in [-0.05, 0) is 54.6 Å². The Morgan fingerprint density at radius 3 is 2.25 bits per heavy atom. The van der Waals surface area contributed by atoms with Gasteiger partial charge >= 0.3 is 12.0 Å². The molecule has 6 heteroatoms. The van der Waals surface area contributed by atoms with Crippen molar-refractivity contribution in [3.8, 4) is 0 Å². The van der Waals surface area contributed by atoms with Crippen LogP contribution >= 0.6 is 0 Å². The Morgan fingerprint density at radius 1 is 1.30 bits per heavy atom. The van der Waals surface area contributed by atoms with Gasteiger partial charge in [0.2, 0.25) is 0 Å². The van der Waals surface area contributed by atoms with Gasteiger partial charge in [-0.1, -0.05) is 0 Å². The molecule has 0 aliphatic heterocycles. The summed E-state index contributed by atoms with van der Waals surface area (Å²) in [5.41, 5.74) is -1.20. The Labute approximate surface area is 122 Å². The third kappa shape index (κ3) is 5.36. The fraction of sp³-hybridized carbons (Fsp3) is 0.857. The predicted molar refractivity (Wildman–Crippen MR) is 79.9 cm³/mol. The maximum atomic E-state index is 12.0. The van der Waals surface area contributed by atoms with Crippen LogP contribution in [0.15, 0.2) is 0 Å². The van der Waals surface area contributed by atoms with Gasteiger partial charge in [0, 0.05) is 19.1 Å². The number of carbonyl (C=O) groups excluding carboxylic acids is 1. The van der Waals surface area contributed by atoms with Crippen molar-refractivity contribution in [1.29, 1.82) is 0 Å². The zero-order valence-electron chi connectivity index (χ0n) is 13.6. The molecular formula is C14H29N3O3. The van der Waals surface area contributed by atoms with E-state index in [4.69, 9.17) is 5.11 Å². The van der Waals surface area contributed by atoms with Gasteiger partial charge in [0.1, 0.15) is 5.54 Å². The Bertz CT molecular complexity index is 330. The fourth-order valence-corrected chi connectivity index (χ4v) is 1.79. The van der Waals surface area contributed by atoms with E-state index in [0.29, 0.717) is 19.1 Å². The van der Waals surface area contributed by atoms with Crippen molar-refractivity contribution in [2.45, 2.75) is 52.6 Å². The van der Waals surface area contributed by atoms with E-state index in [-0.39, 0.29) is 6.03 Å². The Kier molecular flexibility index (Phi) is 7.57. The van der Waals surface area contributed by atoms with Gasteiger partial charge in [-0.15, -0.1) is 0 Å². The zero-order valence-corrected chi connectivity index (χ0v) is 13.6. The normalized spacial score (nSPS) is 11.8. The lowest BCUT2D eigenvalue weighted by atomic mass is 10.0. The molecule has 2 amide bonds. The van der Waals surface area contributed by atoms with Crippen molar-refractivity contribution in [1.82, 2.24) is 15.1 Å². The van der Waals surface area contributed by atoms with E-state index < -0.39 is 11.5 Å². The highest BCUT2D eigenvalue weighted by Crippen LogP contribution is 2.14. The van der Waals surface area contributed by atoms with E-state index in [9.17, 15) is 9.59 Å². The number of carboxylic acids is 1. The van der Waals surface area contributed by atoms with Gasteiger partial charge in [-0.3, -0.25) is 0 Å². The maximum absolute atomic E-state index is 12.0. The first-order chi connectivity index (χ1) is 9.14. The van der Waals surface area contributed by atoms with E-state index in [1.54, 1.807) is 6.92 Å². The number of urea groups is 1. The van der Waals surface area contributed by atoms with Gasteiger partial charge in [0.15, 0.2) is 0 Å². The molecule has 0 atom stereocenters. The molecule has 0 aromatic heterocycles. The van der Waals surface area contributed by atoms with Crippen LogP contribution in [0.25, 0.3) is 0 Å². The van der Waals surface area contributed by atoms with E-state index in [1.807, 2.05) is 7.05 Å². The van der Waals surface area contributed by atoms with Gasteiger partial charge in [-0.25, -0.2) is 9.59 Å². The molecular weight excluding hydrogens is 258 g/mol. The molecule has 0 aromatic rings. The fourth-order valence-electron chi connectivity index (χ4n) is 1.79. The molecule has 6 nitrogen and oxygen atoms in total. The Morgan fingerprint density at radius 2 is 1.85 bits per heavy atom. The van der Waals surface area contributed by atoms with Crippen LogP contribution in [-0.2, 0) is 4.79 Å². The topological polar surface area (TPSA) is 72.9 Å². The smallest absolute Gasteiger partial charge is 0.329 e. The number of carbonyl (C=O) groups is 2. The average Bonchev–Trinajstić information content (AvgIpc) is 2.34. The minimum atomic E-state index is -1.20. The molecule has 0 unspecified atom stereocenters. The molecule has 0 rings (SSSR count). The lowest BCUT2D eigenvalue weighted by Crippen LogP contribution is -2.56. The van der Waals surface area contributed by atoms with Crippen LogP contribution in [0, 0.1) is 0 Å². The van der Waals surface area contributed by atoms with Crippen molar-refractivity contribution < 1.29 is 14.7 Å². The number of amides is 2. The van der Waals surface area contributed by atoms with Crippen molar-refractivity contribution in [2.24, 2.45) is 0 Å². The second-order valence-electron chi connectivity index (χ2n) is 5.77. The Balaban J connectivity index is 4.28. The van der Waals surface area contributed by atoms with Crippen LogP contribution in [0.3, 0.4) is 0 Å². The monoisotopic (exact) mass is 287 g/mol. The molecule has 0 spiro atoms. The lowest BCUT2D eigenvalue weighted by Gasteiger charge is -2.34. The summed E-state index contributed by atoms with van der Waals surface area (Å²) >= 11 is 0. The van der Waals surface area contributed by atoms with E-state index in [1.165, 1.54) is 18.7 Å². The number of nitrogens with one attached hydrogen (secondary N) is 1. The molecule has 0 radical (unpaired) electrons. The Hall–Kier alpha value is -1.30. The molecule has 0 aliphatic carbocycles. The minimum absolute atomic E-state index is 0.327. The summed E-state index contributed by atoms with van der Waals surface area (Å²) < 4.78 is 0. The zero-order chi connectivity index (χ0) is 15.9. The van der Waals surface area contributed by atoms with E-state index in [2.05, 4.69) is 24.1 Å². The van der Waals surface area contributed by atoms with E-state index in [0.717, 1.165) is 13.0 Å². The highest BCUT2D eigenvalue weighted by Gasteiger charge is 2.36. The minimum Gasteiger partial charge on any atom is -0.480 e. The first-order valence-electron chi connectivity index (χ1n) is 7.13. The molecule has 0 saturated carbocycles. The number of aliphatic carboxylic acids is 1. The van der Waals surface area contributed by atoms with Crippen LogP contribution < -0.4 is 5.32 Å². The number of likely N-dealkylation sites (N-methyl/N-ethyl adjacent to an activating group) is 1. The molecule has 0 saturated heterocycles. The summed E-state index contributed by atoms with van der Waals surface area (Å²) in [6.07, 6.45) is 0.839. The number of carboxylic acid groups (broad SMARTS) is 1. The predicted octanol–water partition coefficient (Wildman–Crippen LogP) is 1.61. The summed E-state index contributed by atoms with van der Waals surface area (Å²) in [4.78, 5) is 26.8. The second-order valence-corrected chi connectivity index (χ2v) is 5.77. The first kappa shape index (κ1) is 18.7. The molecule has 20 heavy (non-hydrogen) atoms. The average molecular weight is 287 g/mol. The van der Waals surface area contributed by atoms with Gasteiger partial charge < -0.3 is 20.2 Å². The number of hydrogen-bond acceptors (Lipinski definition) is 3. The van der Waals surface area contributed by atoms with Gasteiger partial charge in [0.25, 0.3) is 0 Å². The molecule has 0 aliphatic rings. The quantitative estimate of drug-likeness (QED) is 0.665. The van der Waals surface area contributed by atoms with Gasteiger partial charge in [-0.2, -0.15) is 0 Å². The van der Waals surface area contributed by atoms with Crippen LogP contribution in [0.4, 0.5) is 4.79 Å². The molecule has 118 valence electrons. The third-order valence-corrected chi connectivity index (χ3v) is 3.60.